The summed E-state index contributed by atoms with van der Waals surface area (Å²) in [5.74, 6) is 1.02. The van der Waals surface area contributed by atoms with E-state index in [1.54, 1.807) is 16.4 Å². The molecule has 3 rings (SSSR count). The third-order valence-electron chi connectivity index (χ3n) is 5.14. The standard InChI is InChI=1S/C17H27N3O3S2/c1-13-6-10-20(11-7-13)25(22,23)16-3-2-15(24-16)17(21)19-9-5-14-4-8-18-12-14/h2-3,13-14,18H,4-12H2,1H3,(H,19,21). The Hall–Kier alpha value is -0.960. The zero-order valence-electron chi connectivity index (χ0n) is 14.7. The summed E-state index contributed by atoms with van der Waals surface area (Å²) in [6, 6.07) is 3.18. The Balaban J connectivity index is 1.56. The van der Waals surface area contributed by atoms with Gasteiger partial charge in [-0.2, -0.15) is 4.31 Å². The van der Waals surface area contributed by atoms with Gasteiger partial charge in [-0.25, -0.2) is 8.42 Å². The molecule has 0 spiro atoms. The van der Waals surface area contributed by atoms with Gasteiger partial charge in [0.25, 0.3) is 15.9 Å². The minimum atomic E-state index is -3.47. The van der Waals surface area contributed by atoms with Crippen molar-refractivity contribution in [3.8, 4) is 0 Å². The predicted octanol–water partition coefficient (Wildman–Crippen LogP) is 1.90. The number of carbonyl (C=O) groups is 1. The molecule has 8 heteroatoms. The Labute approximate surface area is 154 Å². The van der Waals surface area contributed by atoms with Crippen molar-refractivity contribution in [1.82, 2.24) is 14.9 Å². The summed E-state index contributed by atoms with van der Waals surface area (Å²) in [5.41, 5.74) is 0. The summed E-state index contributed by atoms with van der Waals surface area (Å²) in [6.45, 7) is 6.00. The molecule has 2 fully saturated rings. The molecule has 1 aromatic heterocycles. The van der Waals surface area contributed by atoms with Crippen LogP contribution in [0, 0.1) is 11.8 Å². The van der Waals surface area contributed by atoms with E-state index in [0.29, 0.717) is 36.3 Å². The van der Waals surface area contributed by atoms with Gasteiger partial charge >= 0.3 is 0 Å². The van der Waals surface area contributed by atoms with E-state index >= 15 is 0 Å². The molecule has 0 saturated carbocycles. The van der Waals surface area contributed by atoms with Crippen LogP contribution in [0.5, 0.6) is 0 Å². The maximum absolute atomic E-state index is 12.7. The van der Waals surface area contributed by atoms with E-state index in [9.17, 15) is 13.2 Å². The number of hydrogen-bond acceptors (Lipinski definition) is 5. The van der Waals surface area contributed by atoms with Gasteiger partial charge in [-0.15, -0.1) is 11.3 Å². The summed E-state index contributed by atoms with van der Waals surface area (Å²) in [4.78, 5) is 12.7. The van der Waals surface area contributed by atoms with Gasteiger partial charge in [-0.1, -0.05) is 6.92 Å². The van der Waals surface area contributed by atoms with Crippen LogP contribution in [0.25, 0.3) is 0 Å². The van der Waals surface area contributed by atoms with Crippen LogP contribution in [-0.4, -0.2) is 51.4 Å². The third kappa shape index (κ3) is 4.61. The number of sulfonamides is 1. The first-order valence-corrected chi connectivity index (χ1v) is 11.3. The van der Waals surface area contributed by atoms with E-state index < -0.39 is 10.0 Å². The zero-order chi connectivity index (χ0) is 17.9. The van der Waals surface area contributed by atoms with Crippen LogP contribution < -0.4 is 10.6 Å². The van der Waals surface area contributed by atoms with E-state index in [1.165, 1.54) is 0 Å². The van der Waals surface area contributed by atoms with Crippen molar-refractivity contribution < 1.29 is 13.2 Å². The number of hydrogen-bond donors (Lipinski definition) is 2. The van der Waals surface area contributed by atoms with Crippen LogP contribution in [0.4, 0.5) is 0 Å². The number of nitrogens with one attached hydrogen (secondary N) is 2. The molecule has 0 radical (unpaired) electrons. The second kappa shape index (κ2) is 8.16. The molecule has 1 unspecified atom stereocenters. The zero-order valence-corrected chi connectivity index (χ0v) is 16.3. The molecule has 1 aromatic rings. The van der Waals surface area contributed by atoms with Crippen LogP contribution in [0.3, 0.4) is 0 Å². The molecular formula is C17H27N3O3S2. The second-order valence-electron chi connectivity index (χ2n) is 7.11. The molecule has 2 saturated heterocycles. The van der Waals surface area contributed by atoms with E-state index in [2.05, 4.69) is 17.6 Å². The fourth-order valence-electron chi connectivity index (χ4n) is 3.37. The molecule has 140 valence electrons. The van der Waals surface area contributed by atoms with E-state index in [-0.39, 0.29) is 10.1 Å². The highest BCUT2D eigenvalue weighted by Gasteiger charge is 2.29. The summed E-state index contributed by atoms with van der Waals surface area (Å²) in [5, 5.41) is 6.23. The molecule has 1 atom stereocenters. The maximum Gasteiger partial charge on any atom is 0.261 e. The Morgan fingerprint density at radius 1 is 1.32 bits per heavy atom. The van der Waals surface area contributed by atoms with Crippen molar-refractivity contribution in [2.45, 2.75) is 36.8 Å². The van der Waals surface area contributed by atoms with E-state index in [4.69, 9.17) is 0 Å². The van der Waals surface area contributed by atoms with Crippen LogP contribution in [0.1, 0.15) is 42.3 Å². The minimum Gasteiger partial charge on any atom is -0.351 e. The lowest BCUT2D eigenvalue weighted by atomic mass is 10.0. The van der Waals surface area contributed by atoms with Gasteiger partial charge in [0.15, 0.2) is 0 Å². The smallest absolute Gasteiger partial charge is 0.261 e. The largest absolute Gasteiger partial charge is 0.351 e. The van der Waals surface area contributed by atoms with Crippen molar-refractivity contribution in [3.63, 3.8) is 0 Å². The monoisotopic (exact) mass is 385 g/mol. The molecule has 2 aliphatic rings. The molecule has 2 N–H and O–H groups in total. The fraction of sp³-hybridized carbons (Fsp3) is 0.706. The molecule has 6 nitrogen and oxygen atoms in total. The van der Waals surface area contributed by atoms with Crippen LogP contribution in [0.2, 0.25) is 0 Å². The van der Waals surface area contributed by atoms with Gasteiger partial charge in [-0.05, 0) is 62.7 Å². The number of rotatable bonds is 6. The Kier molecular flexibility index (Phi) is 6.14. The van der Waals surface area contributed by atoms with Gasteiger partial charge in [0.05, 0.1) is 4.88 Å². The molecule has 25 heavy (non-hydrogen) atoms. The average molecular weight is 386 g/mol. The number of thiophene rings is 1. The van der Waals surface area contributed by atoms with E-state index in [0.717, 1.165) is 50.1 Å². The van der Waals surface area contributed by atoms with Crippen molar-refractivity contribution >= 4 is 27.3 Å². The summed E-state index contributed by atoms with van der Waals surface area (Å²) >= 11 is 1.07. The molecule has 3 heterocycles. The van der Waals surface area contributed by atoms with E-state index in [1.807, 2.05) is 0 Å². The van der Waals surface area contributed by atoms with Gasteiger partial charge in [0, 0.05) is 19.6 Å². The molecule has 1 amide bonds. The molecule has 2 aliphatic heterocycles. The lowest BCUT2D eigenvalue weighted by molar-refractivity contribution is 0.0955. The van der Waals surface area contributed by atoms with Gasteiger partial charge < -0.3 is 10.6 Å². The van der Waals surface area contributed by atoms with Gasteiger partial charge in [0.1, 0.15) is 4.21 Å². The van der Waals surface area contributed by atoms with Crippen LogP contribution in [0.15, 0.2) is 16.3 Å². The maximum atomic E-state index is 12.7. The summed E-state index contributed by atoms with van der Waals surface area (Å²) in [7, 11) is -3.47. The SMILES string of the molecule is CC1CCN(S(=O)(=O)c2ccc(C(=O)NCCC3CCNC3)s2)CC1. The second-order valence-corrected chi connectivity index (χ2v) is 10.4. The van der Waals surface area contributed by atoms with Crippen LogP contribution >= 0.6 is 11.3 Å². The third-order valence-corrected chi connectivity index (χ3v) is 8.59. The summed E-state index contributed by atoms with van der Waals surface area (Å²) in [6.07, 6.45) is 3.91. The number of amides is 1. The highest BCUT2D eigenvalue weighted by molar-refractivity contribution is 7.91. The Morgan fingerprint density at radius 2 is 2.08 bits per heavy atom. The Morgan fingerprint density at radius 3 is 2.76 bits per heavy atom. The van der Waals surface area contributed by atoms with Crippen molar-refractivity contribution in [1.29, 1.82) is 0 Å². The Bertz CT molecular complexity index is 688. The molecular weight excluding hydrogens is 358 g/mol. The highest BCUT2D eigenvalue weighted by Crippen LogP contribution is 2.28. The lowest BCUT2D eigenvalue weighted by Gasteiger charge is -2.28. The normalized spacial score (nSPS) is 23.0. The van der Waals surface area contributed by atoms with Crippen molar-refractivity contribution in [3.05, 3.63) is 17.0 Å². The number of piperidine rings is 1. The average Bonchev–Trinajstić information content (AvgIpc) is 3.27. The number of carbonyl (C=O) groups excluding carboxylic acids is 1. The topological polar surface area (TPSA) is 78.5 Å². The van der Waals surface area contributed by atoms with Gasteiger partial charge in [0.2, 0.25) is 0 Å². The summed E-state index contributed by atoms with van der Waals surface area (Å²) < 4.78 is 27.3. The molecule has 0 aromatic carbocycles. The van der Waals surface area contributed by atoms with Crippen LogP contribution in [-0.2, 0) is 10.0 Å². The highest BCUT2D eigenvalue weighted by atomic mass is 32.2. The minimum absolute atomic E-state index is 0.176. The first-order valence-electron chi connectivity index (χ1n) is 9.05. The molecule has 0 bridgehead atoms. The fourth-order valence-corrected chi connectivity index (χ4v) is 6.22. The van der Waals surface area contributed by atoms with Crippen molar-refractivity contribution in [2.75, 3.05) is 32.7 Å². The first kappa shape index (κ1) is 18.8. The number of nitrogens with zero attached hydrogens (tertiary/aromatic N) is 1. The predicted molar refractivity (Wildman–Crippen MR) is 99.4 cm³/mol. The first-order chi connectivity index (χ1) is 12.0. The molecule has 0 aliphatic carbocycles. The lowest BCUT2D eigenvalue weighted by Crippen LogP contribution is -2.37. The quantitative estimate of drug-likeness (QED) is 0.784. The van der Waals surface area contributed by atoms with Crippen molar-refractivity contribution in [2.24, 2.45) is 11.8 Å². The van der Waals surface area contributed by atoms with Gasteiger partial charge in [-0.3, -0.25) is 4.79 Å².